The number of alkyl halides is 3. The molecule has 0 amide bonds. The molecule has 0 atom stereocenters. The quantitative estimate of drug-likeness (QED) is 0.603. The first-order valence-corrected chi connectivity index (χ1v) is 6.26. The van der Waals surface area contributed by atoms with Gasteiger partial charge in [-0.2, -0.15) is 13.2 Å². The summed E-state index contributed by atoms with van der Waals surface area (Å²) >= 11 is 0. The third kappa shape index (κ3) is 4.63. The summed E-state index contributed by atoms with van der Waals surface area (Å²) in [6.45, 7) is 2.05. The van der Waals surface area contributed by atoms with Crippen molar-refractivity contribution in [2.75, 3.05) is 0 Å². The normalized spacial score (nSPS) is 11.8. The van der Waals surface area contributed by atoms with E-state index < -0.39 is 11.7 Å². The van der Waals surface area contributed by atoms with E-state index in [-0.39, 0.29) is 6.61 Å². The second kappa shape index (κ2) is 6.43. The molecule has 2 rings (SSSR count). The molecule has 109 valence electrons. The second-order valence-corrected chi connectivity index (χ2v) is 4.54. The largest absolute Gasteiger partial charge is 0.416 e. The van der Waals surface area contributed by atoms with Gasteiger partial charge in [-0.1, -0.05) is 41.1 Å². The van der Waals surface area contributed by atoms with Crippen LogP contribution in [-0.2, 0) is 17.6 Å². The Morgan fingerprint density at radius 2 is 1.81 bits per heavy atom. The van der Waals surface area contributed by atoms with E-state index in [0.29, 0.717) is 5.56 Å². The van der Waals surface area contributed by atoms with E-state index in [0.717, 1.165) is 23.3 Å². The van der Waals surface area contributed by atoms with E-state index >= 15 is 0 Å². The van der Waals surface area contributed by atoms with Gasteiger partial charge in [0.1, 0.15) is 12.8 Å². The van der Waals surface area contributed by atoms with Gasteiger partial charge in [-0.3, -0.25) is 0 Å². The fraction of sp³-hybridized carbons (Fsp3) is 0.188. The molecule has 0 aromatic heterocycles. The molecule has 0 bridgehead atoms. The smallest absolute Gasteiger partial charge is 0.390 e. The van der Waals surface area contributed by atoms with E-state index in [1.54, 1.807) is 0 Å². The minimum absolute atomic E-state index is 0.0942. The van der Waals surface area contributed by atoms with Crippen molar-refractivity contribution in [2.24, 2.45) is 5.16 Å². The lowest BCUT2D eigenvalue weighted by Crippen LogP contribution is -2.04. The highest BCUT2D eigenvalue weighted by Crippen LogP contribution is 2.29. The van der Waals surface area contributed by atoms with Gasteiger partial charge in [0.15, 0.2) is 0 Å². The molecule has 5 heteroatoms. The van der Waals surface area contributed by atoms with Gasteiger partial charge in [-0.25, -0.2) is 0 Å². The molecule has 0 aliphatic heterocycles. The van der Waals surface area contributed by atoms with Crippen LogP contribution in [0, 0.1) is 6.92 Å². The van der Waals surface area contributed by atoms with Crippen LogP contribution in [-0.4, -0.2) is 6.21 Å². The standard InChI is InChI=1S/C16H13F3NO/c1-12-3-2-4-14(9-12)10-20-21-11-13-5-7-15(8-6-13)16(17,18)19/h2-9H,11H2,1H3. The predicted octanol–water partition coefficient (Wildman–Crippen LogP) is 4.44. The maximum atomic E-state index is 12.4. The highest BCUT2D eigenvalue weighted by Gasteiger charge is 2.29. The molecule has 0 aliphatic rings. The van der Waals surface area contributed by atoms with Crippen LogP contribution in [0.4, 0.5) is 13.2 Å². The van der Waals surface area contributed by atoms with E-state index in [9.17, 15) is 13.2 Å². The third-order valence-corrected chi connectivity index (χ3v) is 2.77. The van der Waals surface area contributed by atoms with Crippen LogP contribution >= 0.6 is 0 Å². The SMILES string of the molecule is Cc1cccc(/[C]=N\OCc2ccc(C(F)(F)F)cc2)c1. The van der Waals surface area contributed by atoms with Crippen molar-refractivity contribution >= 4 is 6.21 Å². The summed E-state index contributed by atoms with van der Waals surface area (Å²) in [5, 5.41) is 3.68. The Morgan fingerprint density at radius 3 is 2.43 bits per heavy atom. The van der Waals surface area contributed by atoms with Crippen molar-refractivity contribution in [1.29, 1.82) is 0 Å². The zero-order valence-electron chi connectivity index (χ0n) is 11.3. The van der Waals surface area contributed by atoms with Gasteiger partial charge in [0.05, 0.1) is 5.56 Å². The van der Waals surface area contributed by atoms with E-state index in [2.05, 4.69) is 11.4 Å². The van der Waals surface area contributed by atoms with Crippen LogP contribution in [0.1, 0.15) is 22.3 Å². The lowest BCUT2D eigenvalue weighted by Gasteiger charge is -2.06. The molecule has 0 N–H and O–H groups in total. The highest BCUT2D eigenvalue weighted by atomic mass is 19.4. The first-order chi connectivity index (χ1) is 9.95. The van der Waals surface area contributed by atoms with Crippen LogP contribution in [0.3, 0.4) is 0 Å². The van der Waals surface area contributed by atoms with Gasteiger partial charge in [0, 0.05) is 5.56 Å². The summed E-state index contributed by atoms with van der Waals surface area (Å²) < 4.78 is 37.2. The van der Waals surface area contributed by atoms with Gasteiger partial charge >= 0.3 is 6.18 Å². The third-order valence-electron chi connectivity index (χ3n) is 2.77. The molecule has 1 radical (unpaired) electrons. The Labute approximate surface area is 120 Å². The number of benzene rings is 2. The molecular formula is C16H13F3NO. The van der Waals surface area contributed by atoms with Crippen molar-refractivity contribution in [1.82, 2.24) is 0 Å². The second-order valence-electron chi connectivity index (χ2n) is 4.54. The molecule has 2 aromatic rings. The Morgan fingerprint density at radius 1 is 1.10 bits per heavy atom. The number of hydrogen-bond acceptors (Lipinski definition) is 2. The molecule has 2 aromatic carbocycles. The zero-order chi connectivity index (χ0) is 15.3. The summed E-state index contributed by atoms with van der Waals surface area (Å²) in [4.78, 5) is 5.02. The minimum atomic E-state index is -4.32. The average molecular weight is 292 g/mol. The van der Waals surface area contributed by atoms with Gasteiger partial charge in [0.25, 0.3) is 0 Å². The van der Waals surface area contributed by atoms with Gasteiger partial charge in [0.2, 0.25) is 0 Å². The Balaban J connectivity index is 1.89. The van der Waals surface area contributed by atoms with Crippen LogP contribution in [0.5, 0.6) is 0 Å². The molecule has 0 saturated heterocycles. The van der Waals surface area contributed by atoms with Crippen LogP contribution < -0.4 is 0 Å². The Kier molecular flexibility index (Phi) is 4.62. The molecule has 2 nitrogen and oxygen atoms in total. The zero-order valence-corrected chi connectivity index (χ0v) is 11.3. The maximum absolute atomic E-state index is 12.4. The number of nitrogens with zero attached hydrogens (tertiary/aromatic N) is 1. The van der Waals surface area contributed by atoms with E-state index in [1.165, 1.54) is 12.1 Å². The summed E-state index contributed by atoms with van der Waals surface area (Å²) in [5.74, 6) is 0. The molecule has 0 fully saturated rings. The fourth-order valence-corrected chi connectivity index (χ4v) is 1.70. The fourth-order valence-electron chi connectivity index (χ4n) is 1.70. The van der Waals surface area contributed by atoms with Gasteiger partial charge < -0.3 is 4.84 Å². The number of hydrogen-bond donors (Lipinski definition) is 0. The highest BCUT2D eigenvalue weighted by molar-refractivity contribution is 5.79. The average Bonchev–Trinajstić information content (AvgIpc) is 2.43. The first-order valence-electron chi connectivity index (χ1n) is 6.26. The number of halogens is 3. The molecule has 0 heterocycles. The van der Waals surface area contributed by atoms with Crippen molar-refractivity contribution in [3.63, 3.8) is 0 Å². The summed E-state index contributed by atoms with van der Waals surface area (Å²) in [7, 11) is 0. The van der Waals surface area contributed by atoms with Crippen LogP contribution in [0.2, 0.25) is 0 Å². The van der Waals surface area contributed by atoms with E-state index in [1.807, 2.05) is 31.2 Å². The minimum Gasteiger partial charge on any atom is -0.390 e. The van der Waals surface area contributed by atoms with Gasteiger partial charge in [-0.15, -0.1) is 0 Å². The lowest BCUT2D eigenvalue weighted by atomic mass is 10.1. The molecule has 0 saturated carbocycles. The lowest BCUT2D eigenvalue weighted by molar-refractivity contribution is -0.137. The van der Waals surface area contributed by atoms with E-state index in [4.69, 9.17) is 4.84 Å². The maximum Gasteiger partial charge on any atom is 0.416 e. The van der Waals surface area contributed by atoms with Crippen molar-refractivity contribution in [3.8, 4) is 0 Å². The van der Waals surface area contributed by atoms with Crippen molar-refractivity contribution in [2.45, 2.75) is 19.7 Å². The molecule has 0 unspecified atom stereocenters. The van der Waals surface area contributed by atoms with Crippen molar-refractivity contribution < 1.29 is 18.0 Å². The topological polar surface area (TPSA) is 21.6 Å². The molecule has 21 heavy (non-hydrogen) atoms. The van der Waals surface area contributed by atoms with Crippen molar-refractivity contribution in [3.05, 3.63) is 70.8 Å². The predicted molar refractivity (Wildman–Crippen MR) is 73.9 cm³/mol. The monoisotopic (exact) mass is 292 g/mol. The number of rotatable bonds is 4. The van der Waals surface area contributed by atoms with Gasteiger partial charge in [-0.05, 0) is 30.7 Å². The van der Waals surface area contributed by atoms with Crippen LogP contribution in [0.15, 0.2) is 53.7 Å². The first kappa shape index (κ1) is 15.1. The Bertz CT molecular complexity index is 618. The molecule has 0 aliphatic carbocycles. The van der Waals surface area contributed by atoms with Crippen LogP contribution in [0.25, 0.3) is 0 Å². The Hall–Kier alpha value is -2.30. The summed E-state index contributed by atoms with van der Waals surface area (Å²) in [6, 6.07) is 12.3. The number of aryl methyl sites for hydroxylation is 1. The molecule has 0 spiro atoms. The molecular weight excluding hydrogens is 279 g/mol. The summed E-state index contributed by atoms with van der Waals surface area (Å²) in [5.41, 5.74) is 1.79. The summed E-state index contributed by atoms with van der Waals surface area (Å²) in [6.07, 6.45) is -1.61.